The zero-order chi connectivity index (χ0) is 15.5. The minimum absolute atomic E-state index is 0.153. The number of nitrogens with two attached hydrogens (primary N) is 1. The third-order valence-electron chi connectivity index (χ3n) is 2.90. The molecule has 8 heteroatoms. The molecule has 0 fully saturated rings. The third-order valence-corrected chi connectivity index (χ3v) is 4.52. The fourth-order valence-electron chi connectivity index (χ4n) is 1.94. The van der Waals surface area contributed by atoms with E-state index in [1.165, 1.54) is 12.1 Å². The van der Waals surface area contributed by atoms with Gasteiger partial charge >= 0.3 is 0 Å². The van der Waals surface area contributed by atoms with Gasteiger partial charge in [-0.1, -0.05) is 6.07 Å². The molecule has 0 radical (unpaired) electrons. The molecule has 0 aliphatic rings. The van der Waals surface area contributed by atoms with Crippen molar-refractivity contribution in [3.8, 4) is 0 Å². The maximum Gasteiger partial charge on any atom is 0.243 e. The largest absolute Gasteiger partial charge is 0.326 e. The average Bonchev–Trinajstić information content (AvgIpc) is 2.90. The molecule has 0 aliphatic heterocycles. The van der Waals surface area contributed by atoms with Gasteiger partial charge in [-0.25, -0.2) is 17.5 Å². The van der Waals surface area contributed by atoms with Gasteiger partial charge in [0.1, 0.15) is 10.7 Å². The minimum Gasteiger partial charge on any atom is -0.326 e. The van der Waals surface area contributed by atoms with Gasteiger partial charge in [0, 0.05) is 25.0 Å². The summed E-state index contributed by atoms with van der Waals surface area (Å²) in [6.07, 6.45) is 3.33. The number of hydrogen-bond donors (Lipinski definition) is 2. The first kappa shape index (κ1) is 15.6. The molecular weight excluding hydrogens is 295 g/mol. The lowest BCUT2D eigenvalue weighted by Crippen LogP contribution is -2.36. The van der Waals surface area contributed by atoms with Crippen molar-refractivity contribution in [1.29, 1.82) is 0 Å². The molecule has 0 spiro atoms. The number of sulfonamides is 1. The van der Waals surface area contributed by atoms with Gasteiger partial charge in [0.15, 0.2) is 0 Å². The van der Waals surface area contributed by atoms with Crippen molar-refractivity contribution in [1.82, 2.24) is 14.5 Å². The highest BCUT2D eigenvalue weighted by Crippen LogP contribution is 2.16. The summed E-state index contributed by atoms with van der Waals surface area (Å²) in [4.78, 5) is -0.382. The van der Waals surface area contributed by atoms with Gasteiger partial charge < -0.3 is 5.73 Å². The number of nitrogens with zero attached hydrogens (tertiary/aromatic N) is 2. The maximum absolute atomic E-state index is 13.9. The van der Waals surface area contributed by atoms with E-state index in [4.69, 9.17) is 5.73 Å². The van der Waals surface area contributed by atoms with Crippen LogP contribution in [0.4, 0.5) is 4.39 Å². The van der Waals surface area contributed by atoms with Gasteiger partial charge in [0.2, 0.25) is 10.0 Å². The Labute approximate surface area is 122 Å². The molecule has 114 valence electrons. The molecule has 1 heterocycles. The number of rotatable bonds is 6. The highest BCUT2D eigenvalue weighted by Gasteiger charge is 2.21. The monoisotopic (exact) mass is 312 g/mol. The second kappa shape index (κ2) is 6.33. The fraction of sp³-hybridized carbons (Fsp3) is 0.308. The van der Waals surface area contributed by atoms with Crippen LogP contribution in [0, 0.1) is 5.82 Å². The van der Waals surface area contributed by atoms with Crippen molar-refractivity contribution in [3.05, 3.63) is 48.0 Å². The Morgan fingerprint density at radius 2 is 2.24 bits per heavy atom. The molecule has 3 N–H and O–H groups in total. The standard InChI is InChI=1S/C13H17FN4O2S/c1-10(9-18-6-2-5-16-18)17-21(19,20)13-4-3-11(8-15)7-12(13)14/h2-7,10,17H,8-9,15H2,1H3. The Kier molecular flexibility index (Phi) is 4.71. The molecule has 1 aromatic heterocycles. The zero-order valence-electron chi connectivity index (χ0n) is 11.5. The van der Waals surface area contributed by atoms with Crippen LogP contribution in [0.3, 0.4) is 0 Å². The van der Waals surface area contributed by atoms with Crippen LogP contribution in [0.5, 0.6) is 0 Å². The second-order valence-electron chi connectivity index (χ2n) is 4.72. The fourth-order valence-corrected chi connectivity index (χ4v) is 3.24. The molecule has 1 aromatic carbocycles. The van der Waals surface area contributed by atoms with Crippen LogP contribution in [-0.2, 0) is 23.1 Å². The zero-order valence-corrected chi connectivity index (χ0v) is 12.3. The first-order chi connectivity index (χ1) is 9.92. The number of benzene rings is 1. The molecule has 2 aromatic rings. The van der Waals surface area contributed by atoms with Crippen molar-refractivity contribution in [3.63, 3.8) is 0 Å². The summed E-state index contributed by atoms with van der Waals surface area (Å²) in [6, 6.07) is 5.17. The number of halogens is 1. The lowest BCUT2D eigenvalue weighted by atomic mass is 10.2. The van der Waals surface area contributed by atoms with Crippen molar-refractivity contribution in [2.45, 2.75) is 31.0 Å². The second-order valence-corrected chi connectivity index (χ2v) is 6.40. The molecule has 0 aliphatic carbocycles. The predicted octanol–water partition coefficient (Wildman–Crippen LogP) is 0.848. The SMILES string of the molecule is CC(Cn1cccn1)NS(=O)(=O)c1ccc(CN)cc1F. The summed E-state index contributed by atoms with van der Waals surface area (Å²) >= 11 is 0. The molecular formula is C13H17FN4O2S. The lowest BCUT2D eigenvalue weighted by molar-refractivity contribution is 0.490. The molecule has 2 rings (SSSR count). The maximum atomic E-state index is 13.9. The van der Waals surface area contributed by atoms with Crippen LogP contribution in [0.15, 0.2) is 41.6 Å². The number of aromatic nitrogens is 2. The Bertz CT molecular complexity index is 701. The van der Waals surface area contributed by atoms with Crippen LogP contribution in [0.1, 0.15) is 12.5 Å². The first-order valence-corrected chi connectivity index (χ1v) is 7.89. The van der Waals surface area contributed by atoms with E-state index in [9.17, 15) is 12.8 Å². The van der Waals surface area contributed by atoms with Gasteiger partial charge in [-0.05, 0) is 30.7 Å². The number of hydrogen-bond acceptors (Lipinski definition) is 4. The van der Waals surface area contributed by atoms with E-state index in [-0.39, 0.29) is 11.4 Å². The van der Waals surface area contributed by atoms with Crippen LogP contribution in [0.2, 0.25) is 0 Å². The Hall–Kier alpha value is -1.77. The van der Waals surface area contributed by atoms with Crippen LogP contribution >= 0.6 is 0 Å². The lowest BCUT2D eigenvalue weighted by Gasteiger charge is -2.15. The van der Waals surface area contributed by atoms with Crippen molar-refractivity contribution in [2.75, 3.05) is 0 Å². The van der Waals surface area contributed by atoms with E-state index in [0.717, 1.165) is 6.07 Å². The van der Waals surface area contributed by atoms with Crippen molar-refractivity contribution in [2.24, 2.45) is 5.73 Å². The summed E-state index contributed by atoms with van der Waals surface area (Å²) < 4.78 is 42.3. The summed E-state index contributed by atoms with van der Waals surface area (Å²) in [5.74, 6) is -0.809. The van der Waals surface area contributed by atoms with Gasteiger partial charge in [0.25, 0.3) is 0 Å². The van der Waals surface area contributed by atoms with E-state index < -0.39 is 21.9 Å². The average molecular weight is 312 g/mol. The van der Waals surface area contributed by atoms with E-state index in [1.54, 1.807) is 30.1 Å². The Balaban J connectivity index is 2.14. The first-order valence-electron chi connectivity index (χ1n) is 6.40. The van der Waals surface area contributed by atoms with Gasteiger partial charge in [-0.15, -0.1) is 0 Å². The molecule has 0 bridgehead atoms. The highest BCUT2D eigenvalue weighted by molar-refractivity contribution is 7.89. The van der Waals surface area contributed by atoms with E-state index in [1.807, 2.05) is 0 Å². The van der Waals surface area contributed by atoms with Crippen molar-refractivity contribution >= 4 is 10.0 Å². The summed E-state index contributed by atoms with van der Waals surface area (Å²) in [5.41, 5.74) is 5.93. The van der Waals surface area contributed by atoms with Crippen LogP contribution in [0.25, 0.3) is 0 Å². The number of nitrogens with one attached hydrogen (secondary N) is 1. The summed E-state index contributed by atoms with van der Waals surface area (Å²) in [6.45, 7) is 2.19. The smallest absolute Gasteiger partial charge is 0.243 e. The molecule has 0 saturated carbocycles. The molecule has 1 atom stereocenters. The van der Waals surface area contributed by atoms with E-state index >= 15 is 0 Å². The van der Waals surface area contributed by atoms with E-state index in [2.05, 4.69) is 9.82 Å². The summed E-state index contributed by atoms with van der Waals surface area (Å²) in [7, 11) is -3.93. The topological polar surface area (TPSA) is 90.0 Å². The highest BCUT2D eigenvalue weighted by atomic mass is 32.2. The quantitative estimate of drug-likeness (QED) is 0.827. The molecule has 0 saturated heterocycles. The summed E-state index contributed by atoms with van der Waals surface area (Å²) in [5, 5.41) is 3.99. The molecule has 21 heavy (non-hydrogen) atoms. The Morgan fingerprint density at radius 3 is 2.81 bits per heavy atom. The van der Waals surface area contributed by atoms with Crippen LogP contribution in [-0.4, -0.2) is 24.2 Å². The van der Waals surface area contributed by atoms with E-state index in [0.29, 0.717) is 12.1 Å². The molecule has 1 unspecified atom stereocenters. The molecule has 6 nitrogen and oxygen atoms in total. The van der Waals surface area contributed by atoms with Crippen LogP contribution < -0.4 is 10.5 Å². The third kappa shape index (κ3) is 3.87. The predicted molar refractivity (Wildman–Crippen MR) is 76.3 cm³/mol. The van der Waals surface area contributed by atoms with Gasteiger partial charge in [-0.2, -0.15) is 5.10 Å². The minimum atomic E-state index is -3.93. The Morgan fingerprint density at radius 1 is 1.48 bits per heavy atom. The molecule has 0 amide bonds. The van der Waals surface area contributed by atoms with Gasteiger partial charge in [-0.3, -0.25) is 4.68 Å². The normalized spacial score (nSPS) is 13.3. The van der Waals surface area contributed by atoms with Gasteiger partial charge in [0.05, 0.1) is 6.54 Å². The van der Waals surface area contributed by atoms with Crippen molar-refractivity contribution < 1.29 is 12.8 Å².